The van der Waals surface area contributed by atoms with Crippen LogP contribution in [0.15, 0.2) is 0 Å². The Morgan fingerprint density at radius 3 is 2.46 bits per heavy atom. The first-order valence-corrected chi connectivity index (χ1v) is 11.0. The molecule has 3 fully saturated rings. The van der Waals surface area contributed by atoms with E-state index in [9.17, 15) is 9.59 Å². The van der Waals surface area contributed by atoms with Crippen molar-refractivity contribution in [1.29, 1.82) is 0 Å². The summed E-state index contributed by atoms with van der Waals surface area (Å²) < 4.78 is 4.93. The van der Waals surface area contributed by atoms with Gasteiger partial charge in [0.2, 0.25) is 5.91 Å². The Morgan fingerprint density at radius 1 is 1.17 bits per heavy atom. The number of hydrogen-bond acceptors (Lipinski definition) is 6. The zero-order chi connectivity index (χ0) is 17.2. The van der Waals surface area contributed by atoms with E-state index >= 15 is 0 Å². The fourth-order valence-electron chi connectivity index (χ4n) is 4.13. The number of carbonyl (C=O) groups is 2. The van der Waals surface area contributed by atoms with Gasteiger partial charge in [0.05, 0.1) is 17.2 Å². The lowest BCUT2D eigenvalue weighted by Crippen LogP contribution is -2.52. The molecule has 1 aliphatic carbocycles. The average molecular weight is 373 g/mol. The van der Waals surface area contributed by atoms with Crippen molar-refractivity contribution >= 4 is 35.4 Å². The Hall–Kier alpha value is -0.400. The minimum atomic E-state index is -0.480. The maximum Gasteiger partial charge on any atom is 0.328 e. The molecule has 136 valence electrons. The summed E-state index contributed by atoms with van der Waals surface area (Å²) in [5, 5.41) is 0. The molecular formula is C17H28N2O3S2. The van der Waals surface area contributed by atoms with Gasteiger partial charge in [-0.25, -0.2) is 4.79 Å². The van der Waals surface area contributed by atoms with Crippen molar-refractivity contribution in [2.24, 2.45) is 11.7 Å². The molecule has 0 aromatic carbocycles. The van der Waals surface area contributed by atoms with E-state index in [0.29, 0.717) is 13.0 Å². The molecule has 1 spiro atoms. The number of ether oxygens (including phenoxy) is 1. The van der Waals surface area contributed by atoms with Gasteiger partial charge in [0, 0.05) is 13.0 Å². The number of thioether (sulfide) groups is 2. The number of rotatable bonds is 3. The molecule has 3 aliphatic rings. The van der Waals surface area contributed by atoms with E-state index in [4.69, 9.17) is 10.5 Å². The van der Waals surface area contributed by atoms with Crippen molar-refractivity contribution in [1.82, 2.24) is 4.90 Å². The van der Waals surface area contributed by atoms with E-state index in [-0.39, 0.29) is 21.9 Å². The Balaban J connectivity index is 1.74. The normalized spacial score (nSPS) is 28.8. The highest BCUT2D eigenvalue weighted by Crippen LogP contribution is 2.50. The first kappa shape index (κ1) is 18.4. The van der Waals surface area contributed by atoms with Gasteiger partial charge in [0.1, 0.15) is 6.04 Å². The minimum absolute atomic E-state index is 0.0547. The van der Waals surface area contributed by atoms with Gasteiger partial charge in [-0.3, -0.25) is 4.79 Å². The monoisotopic (exact) mass is 372 g/mol. The van der Waals surface area contributed by atoms with Gasteiger partial charge >= 0.3 is 5.97 Å². The number of amides is 1. The average Bonchev–Trinajstić information content (AvgIpc) is 3.00. The van der Waals surface area contributed by atoms with E-state index in [1.165, 1.54) is 20.0 Å². The van der Waals surface area contributed by atoms with Crippen LogP contribution in [0, 0.1) is 5.92 Å². The van der Waals surface area contributed by atoms with Gasteiger partial charge in [0.15, 0.2) is 0 Å². The van der Waals surface area contributed by atoms with Crippen LogP contribution in [0.3, 0.4) is 0 Å². The molecule has 2 heterocycles. The highest BCUT2D eigenvalue weighted by atomic mass is 32.2. The number of nitrogens with zero attached hydrogens (tertiary/aromatic N) is 1. The molecule has 0 radical (unpaired) electrons. The molecule has 2 saturated heterocycles. The van der Waals surface area contributed by atoms with Crippen molar-refractivity contribution in [2.75, 3.05) is 25.2 Å². The van der Waals surface area contributed by atoms with Crippen molar-refractivity contribution in [3.05, 3.63) is 0 Å². The predicted octanol–water partition coefficient (Wildman–Crippen LogP) is 2.23. The fourth-order valence-corrected chi connectivity index (χ4v) is 7.48. The first-order chi connectivity index (χ1) is 11.6. The number of likely N-dealkylation sites (tertiary alicyclic amines) is 1. The summed E-state index contributed by atoms with van der Waals surface area (Å²) in [6.07, 6.45) is 7.47. The van der Waals surface area contributed by atoms with Crippen LogP contribution < -0.4 is 5.73 Å². The molecule has 1 amide bonds. The Labute approximate surface area is 152 Å². The van der Waals surface area contributed by atoms with Crippen molar-refractivity contribution < 1.29 is 14.3 Å². The number of carbonyl (C=O) groups excluding carboxylic acids is 2. The van der Waals surface area contributed by atoms with Gasteiger partial charge < -0.3 is 15.4 Å². The molecule has 7 heteroatoms. The third kappa shape index (κ3) is 3.73. The van der Waals surface area contributed by atoms with Crippen molar-refractivity contribution in [3.63, 3.8) is 0 Å². The van der Waals surface area contributed by atoms with Crippen LogP contribution in [-0.2, 0) is 14.3 Å². The van der Waals surface area contributed by atoms with Gasteiger partial charge in [-0.05, 0) is 36.7 Å². The Bertz CT molecular complexity index is 476. The zero-order valence-corrected chi connectivity index (χ0v) is 16.0. The summed E-state index contributed by atoms with van der Waals surface area (Å²) in [7, 11) is 1.40. The van der Waals surface area contributed by atoms with Crippen LogP contribution >= 0.6 is 23.5 Å². The standard InChI is InChI=1S/C17H28N2O3S2/c1-22-16(21)13-10-17(23-8-5-9-24-17)11-19(13)15(20)14(18)12-6-3-2-4-7-12/h12-14H,2-11,18H2,1H3/t13-,14?/m0/s1. The quantitative estimate of drug-likeness (QED) is 0.766. The van der Waals surface area contributed by atoms with Crippen molar-refractivity contribution in [2.45, 2.75) is 61.1 Å². The fraction of sp³-hybridized carbons (Fsp3) is 0.882. The van der Waals surface area contributed by atoms with Gasteiger partial charge in [-0.15, -0.1) is 23.5 Å². The molecule has 2 atom stereocenters. The third-order valence-corrected chi connectivity index (χ3v) is 8.85. The van der Waals surface area contributed by atoms with Gasteiger partial charge in [-0.2, -0.15) is 0 Å². The molecule has 1 saturated carbocycles. The number of methoxy groups -OCH3 is 1. The number of nitrogens with two attached hydrogens (primary N) is 1. The number of esters is 1. The molecule has 1 unspecified atom stereocenters. The lowest BCUT2D eigenvalue weighted by atomic mass is 9.83. The molecule has 0 bridgehead atoms. The maximum absolute atomic E-state index is 13.1. The molecule has 2 N–H and O–H groups in total. The van der Waals surface area contributed by atoms with Crippen LogP contribution in [0.1, 0.15) is 44.9 Å². The van der Waals surface area contributed by atoms with Crippen LogP contribution in [-0.4, -0.2) is 58.1 Å². The van der Waals surface area contributed by atoms with E-state index in [1.54, 1.807) is 4.90 Å². The number of hydrogen-bond donors (Lipinski definition) is 1. The van der Waals surface area contributed by atoms with Gasteiger partial charge in [0.25, 0.3) is 0 Å². The van der Waals surface area contributed by atoms with Crippen LogP contribution in [0.4, 0.5) is 0 Å². The Morgan fingerprint density at radius 2 is 1.83 bits per heavy atom. The summed E-state index contributed by atoms with van der Waals surface area (Å²) in [6, 6.07) is -0.957. The van der Waals surface area contributed by atoms with E-state index < -0.39 is 12.1 Å². The maximum atomic E-state index is 13.1. The smallest absolute Gasteiger partial charge is 0.328 e. The summed E-state index contributed by atoms with van der Waals surface area (Å²) in [6.45, 7) is 0.612. The van der Waals surface area contributed by atoms with E-state index in [0.717, 1.165) is 37.2 Å². The molecule has 2 aliphatic heterocycles. The predicted molar refractivity (Wildman–Crippen MR) is 98.9 cm³/mol. The second-order valence-corrected chi connectivity index (χ2v) is 10.3. The lowest BCUT2D eigenvalue weighted by molar-refractivity contribution is -0.151. The minimum Gasteiger partial charge on any atom is -0.467 e. The van der Waals surface area contributed by atoms with Gasteiger partial charge in [-0.1, -0.05) is 19.3 Å². The molecule has 0 aromatic rings. The highest BCUT2D eigenvalue weighted by molar-refractivity contribution is 8.18. The third-order valence-electron chi connectivity index (χ3n) is 5.51. The molecule has 5 nitrogen and oxygen atoms in total. The van der Waals surface area contributed by atoms with Crippen LogP contribution in [0.2, 0.25) is 0 Å². The topological polar surface area (TPSA) is 72.6 Å². The SMILES string of the molecule is COC(=O)[C@@H]1CC2(CN1C(=O)C(N)C1CCCCC1)SCCCS2. The summed E-state index contributed by atoms with van der Waals surface area (Å²) in [5.74, 6) is 2.09. The summed E-state index contributed by atoms with van der Waals surface area (Å²) in [4.78, 5) is 27.1. The van der Waals surface area contributed by atoms with E-state index in [1.807, 2.05) is 23.5 Å². The molecule has 0 aromatic heterocycles. The molecule has 24 heavy (non-hydrogen) atoms. The van der Waals surface area contributed by atoms with E-state index in [2.05, 4.69) is 0 Å². The second-order valence-electron chi connectivity index (χ2n) is 7.09. The highest BCUT2D eigenvalue weighted by Gasteiger charge is 2.51. The van der Waals surface area contributed by atoms with Crippen LogP contribution in [0.5, 0.6) is 0 Å². The largest absolute Gasteiger partial charge is 0.467 e. The van der Waals surface area contributed by atoms with Crippen LogP contribution in [0.25, 0.3) is 0 Å². The lowest BCUT2D eigenvalue weighted by Gasteiger charge is -2.33. The summed E-state index contributed by atoms with van der Waals surface area (Å²) in [5.41, 5.74) is 6.34. The first-order valence-electron chi connectivity index (χ1n) is 8.98. The Kier molecular flexibility index (Phi) is 6.03. The second kappa shape index (κ2) is 7.87. The molecule has 3 rings (SSSR count). The van der Waals surface area contributed by atoms with Crippen molar-refractivity contribution in [3.8, 4) is 0 Å². The zero-order valence-electron chi connectivity index (χ0n) is 14.4. The molecular weight excluding hydrogens is 344 g/mol. The summed E-state index contributed by atoms with van der Waals surface area (Å²) >= 11 is 3.79.